The van der Waals surface area contributed by atoms with Gasteiger partial charge in [-0.1, -0.05) is 30.3 Å². The maximum atomic E-state index is 4.69. The van der Waals surface area contributed by atoms with Crippen LogP contribution in [0.1, 0.15) is 24.8 Å². The third kappa shape index (κ3) is 1.54. The summed E-state index contributed by atoms with van der Waals surface area (Å²) in [7, 11) is 0. The van der Waals surface area contributed by atoms with Gasteiger partial charge in [0.2, 0.25) is 0 Å². The molecule has 0 bridgehead atoms. The van der Waals surface area contributed by atoms with E-state index in [1.807, 2.05) is 0 Å². The van der Waals surface area contributed by atoms with E-state index in [1.54, 1.807) is 0 Å². The molecule has 2 aliphatic rings. The minimum atomic E-state index is 0.689. The lowest BCUT2D eigenvalue weighted by Crippen LogP contribution is -2.40. The molecule has 2 nitrogen and oxygen atoms in total. The summed E-state index contributed by atoms with van der Waals surface area (Å²) in [5, 5.41) is 0. The molecule has 0 spiro atoms. The van der Waals surface area contributed by atoms with Crippen molar-refractivity contribution < 1.29 is 0 Å². The van der Waals surface area contributed by atoms with Gasteiger partial charge in [0.05, 0.1) is 12.6 Å². The maximum Gasteiger partial charge on any atom is 0.131 e. The highest BCUT2D eigenvalue weighted by Gasteiger charge is 2.30. The van der Waals surface area contributed by atoms with Gasteiger partial charge in [-0.05, 0) is 19.3 Å². The average molecular weight is 200 g/mol. The standard InChI is InChI=1S/C13H16N2/c1-2-6-11(7-3-1)13-14-10-12-8-4-5-9-15(12)13/h1-3,6-7,12H,4-5,8-10H2. The van der Waals surface area contributed by atoms with E-state index < -0.39 is 0 Å². The van der Waals surface area contributed by atoms with Crippen LogP contribution in [0.2, 0.25) is 0 Å². The lowest BCUT2D eigenvalue weighted by molar-refractivity contribution is 0.269. The molecule has 78 valence electrons. The molecule has 2 heteroatoms. The van der Waals surface area contributed by atoms with Crippen molar-refractivity contribution in [2.24, 2.45) is 4.99 Å². The number of rotatable bonds is 1. The normalized spacial score (nSPS) is 24.9. The van der Waals surface area contributed by atoms with Crippen LogP contribution in [-0.2, 0) is 0 Å². The molecule has 0 aliphatic carbocycles. The van der Waals surface area contributed by atoms with E-state index in [9.17, 15) is 0 Å². The van der Waals surface area contributed by atoms with Crippen molar-refractivity contribution >= 4 is 5.84 Å². The van der Waals surface area contributed by atoms with Crippen LogP contribution in [0.4, 0.5) is 0 Å². The van der Waals surface area contributed by atoms with Gasteiger partial charge in [0.15, 0.2) is 0 Å². The highest BCUT2D eigenvalue weighted by atomic mass is 15.3. The zero-order valence-electron chi connectivity index (χ0n) is 8.89. The van der Waals surface area contributed by atoms with E-state index in [-0.39, 0.29) is 0 Å². The first-order valence-electron chi connectivity index (χ1n) is 5.82. The predicted molar refractivity (Wildman–Crippen MR) is 62.2 cm³/mol. The Kier molecular flexibility index (Phi) is 2.20. The van der Waals surface area contributed by atoms with Crippen LogP contribution in [0.15, 0.2) is 35.3 Å². The lowest BCUT2D eigenvalue weighted by Gasteiger charge is -2.32. The minimum absolute atomic E-state index is 0.689. The second kappa shape index (κ2) is 3.69. The molecule has 2 aliphatic heterocycles. The van der Waals surface area contributed by atoms with Gasteiger partial charge in [-0.2, -0.15) is 0 Å². The van der Waals surface area contributed by atoms with Crippen LogP contribution in [0.3, 0.4) is 0 Å². The van der Waals surface area contributed by atoms with Crippen molar-refractivity contribution in [2.45, 2.75) is 25.3 Å². The Morgan fingerprint density at radius 2 is 2.00 bits per heavy atom. The number of aliphatic imine (C=N–C) groups is 1. The molecule has 15 heavy (non-hydrogen) atoms. The summed E-state index contributed by atoms with van der Waals surface area (Å²) in [4.78, 5) is 7.19. The molecule has 0 radical (unpaired) electrons. The van der Waals surface area contributed by atoms with Crippen LogP contribution < -0.4 is 0 Å². The molecule has 1 atom stereocenters. The predicted octanol–water partition coefficient (Wildman–Crippen LogP) is 2.30. The largest absolute Gasteiger partial charge is 0.352 e. The number of hydrogen-bond acceptors (Lipinski definition) is 2. The van der Waals surface area contributed by atoms with Crippen LogP contribution in [0.25, 0.3) is 0 Å². The van der Waals surface area contributed by atoms with Gasteiger partial charge in [0.25, 0.3) is 0 Å². The van der Waals surface area contributed by atoms with Gasteiger partial charge in [-0.3, -0.25) is 4.99 Å². The monoisotopic (exact) mass is 200 g/mol. The van der Waals surface area contributed by atoms with Gasteiger partial charge >= 0.3 is 0 Å². The van der Waals surface area contributed by atoms with Gasteiger partial charge < -0.3 is 4.90 Å². The quantitative estimate of drug-likeness (QED) is 0.679. The highest BCUT2D eigenvalue weighted by molar-refractivity contribution is 6.00. The Morgan fingerprint density at radius 3 is 2.87 bits per heavy atom. The fourth-order valence-electron chi connectivity index (χ4n) is 2.60. The molecule has 3 rings (SSSR count). The number of benzene rings is 1. The summed E-state index contributed by atoms with van der Waals surface area (Å²) in [6.07, 6.45) is 4.01. The SMILES string of the molecule is c1ccc(C2=NCC3CCCCN23)cc1. The first-order valence-corrected chi connectivity index (χ1v) is 5.82. The van der Waals surface area contributed by atoms with Gasteiger partial charge in [0.1, 0.15) is 5.84 Å². The van der Waals surface area contributed by atoms with Gasteiger partial charge in [-0.25, -0.2) is 0 Å². The summed E-state index contributed by atoms with van der Waals surface area (Å²) in [5.41, 5.74) is 1.28. The van der Waals surface area contributed by atoms with Crippen LogP contribution >= 0.6 is 0 Å². The molecule has 1 fully saturated rings. The van der Waals surface area contributed by atoms with Crippen molar-refractivity contribution in [1.82, 2.24) is 4.90 Å². The molecule has 0 amide bonds. The van der Waals surface area contributed by atoms with E-state index in [2.05, 4.69) is 35.2 Å². The number of hydrogen-bond donors (Lipinski definition) is 0. The Morgan fingerprint density at radius 1 is 1.13 bits per heavy atom. The molecule has 1 aromatic carbocycles. The summed E-state index contributed by atoms with van der Waals surface area (Å²) in [6.45, 7) is 2.20. The van der Waals surface area contributed by atoms with Gasteiger partial charge in [-0.15, -0.1) is 0 Å². The maximum absolute atomic E-state index is 4.69. The smallest absolute Gasteiger partial charge is 0.131 e. The zero-order chi connectivity index (χ0) is 10.1. The lowest BCUT2D eigenvalue weighted by atomic mass is 10.0. The highest BCUT2D eigenvalue weighted by Crippen LogP contribution is 2.24. The number of piperidine rings is 1. The summed E-state index contributed by atoms with van der Waals surface area (Å²) in [5.74, 6) is 1.22. The van der Waals surface area contributed by atoms with Crippen LogP contribution in [0, 0.1) is 0 Å². The Labute approximate surface area is 90.6 Å². The Bertz CT molecular complexity index is 369. The van der Waals surface area contributed by atoms with E-state index in [4.69, 9.17) is 4.99 Å². The molecule has 2 heterocycles. The number of nitrogens with zero attached hydrogens (tertiary/aromatic N) is 2. The molecular formula is C13H16N2. The topological polar surface area (TPSA) is 15.6 Å². The van der Waals surface area contributed by atoms with Crippen molar-refractivity contribution in [3.05, 3.63) is 35.9 Å². The molecule has 1 saturated heterocycles. The first-order chi connectivity index (χ1) is 7.45. The fourth-order valence-corrected chi connectivity index (χ4v) is 2.60. The molecule has 1 aromatic rings. The minimum Gasteiger partial charge on any atom is -0.352 e. The molecule has 1 unspecified atom stereocenters. The number of fused-ring (bicyclic) bond motifs is 1. The van der Waals surface area contributed by atoms with Gasteiger partial charge in [0, 0.05) is 12.1 Å². The fraction of sp³-hybridized carbons (Fsp3) is 0.462. The third-order valence-corrected chi connectivity index (χ3v) is 3.38. The molecule has 0 aromatic heterocycles. The van der Waals surface area contributed by atoms with Crippen molar-refractivity contribution in [1.29, 1.82) is 0 Å². The first kappa shape index (κ1) is 8.96. The van der Waals surface area contributed by atoms with E-state index in [1.165, 1.54) is 37.2 Å². The average Bonchev–Trinajstić information content (AvgIpc) is 2.74. The second-order valence-electron chi connectivity index (χ2n) is 4.37. The second-order valence-corrected chi connectivity index (χ2v) is 4.37. The Balaban J connectivity index is 1.88. The molecule has 0 saturated carbocycles. The van der Waals surface area contributed by atoms with Crippen LogP contribution in [0.5, 0.6) is 0 Å². The van der Waals surface area contributed by atoms with Crippen molar-refractivity contribution in [2.75, 3.05) is 13.1 Å². The van der Waals surface area contributed by atoms with Crippen LogP contribution in [-0.4, -0.2) is 29.9 Å². The molecule has 0 N–H and O–H groups in total. The van der Waals surface area contributed by atoms with Crippen molar-refractivity contribution in [3.8, 4) is 0 Å². The van der Waals surface area contributed by atoms with E-state index >= 15 is 0 Å². The summed E-state index contributed by atoms with van der Waals surface area (Å²) >= 11 is 0. The van der Waals surface area contributed by atoms with E-state index in [0.717, 1.165) is 6.54 Å². The van der Waals surface area contributed by atoms with E-state index in [0.29, 0.717) is 6.04 Å². The van der Waals surface area contributed by atoms with Crippen molar-refractivity contribution in [3.63, 3.8) is 0 Å². The molecular weight excluding hydrogens is 184 g/mol. The zero-order valence-corrected chi connectivity index (χ0v) is 8.89. The summed E-state index contributed by atoms with van der Waals surface area (Å²) < 4.78 is 0. The number of amidine groups is 1. The summed E-state index contributed by atoms with van der Waals surface area (Å²) in [6, 6.07) is 11.3. The Hall–Kier alpha value is -1.31. The third-order valence-electron chi connectivity index (χ3n) is 3.38.